The molecule has 8 heteroatoms. The van der Waals surface area contributed by atoms with Crippen LogP contribution >= 0.6 is 24.0 Å². The number of unbranched alkanes of at least 4 members (excludes halogenated alkanes) is 1. The van der Waals surface area contributed by atoms with Crippen molar-refractivity contribution in [2.75, 3.05) is 18.0 Å². The molecule has 0 radical (unpaired) electrons. The van der Waals surface area contributed by atoms with Crippen LogP contribution in [-0.4, -0.2) is 32.8 Å². The molecule has 0 spiro atoms. The normalized spacial score (nSPS) is 18.3. The standard InChI is InChI=1S/C29H34N4O2S2/c1-4-5-17-32-26(31-15-11-6-7-12-16-31)23(20(2)24(19-30)27(32)34)18-25-28(35)33(29(36)37-25)21(3)22-13-9-8-10-14-22/h8-10,13-14,18,21H,4-7,11-12,15-17H2,1-3H3/b25-18+. The third kappa shape index (κ3) is 5.53. The molecule has 0 N–H and O–H groups in total. The van der Waals surface area contributed by atoms with E-state index in [1.165, 1.54) is 11.8 Å². The minimum Gasteiger partial charge on any atom is -0.357 e. The molecule has 1 aromatic carbocycles. The summed E-state index contributed by atoms with van der Waals surface area (Å²) >= 11 is 6.95. The number of thiocarbonyl (C=S) groups is 1. The lowest BCUT2D eigenvalue weighted by Gasteiger charge is -2.29. The number of rotatable bonds is 7. The summed E-state index contributed by atoms with van der Waals surface area (Å²) in [5, 5.41) is 9.92. The van der Waals surface area contributed by atoms with Crippen LogP contribution in [0.25, 0.3) is 6.08 Å². The Bertz CT molecular complexity index is 1300. The fourth-order valence-corrected chi connectivity index (χ4v) is 6.52. The average Bonchev–Trinajstić information content (AvgIpc) is 3.06. The molecule has 2 aliphatic rings. The summed E-state index contributed by atoms with van der Waals surface area (Å²) in [6, 6.07) is 11.8. The third-order valence-electron chi connectivity index (χ3n) is 7.26. The highest BCUT2D eigenvalue weighted by Crippen LogP contribution is 2.40. The van der Waals surface area contributed by atoms with Gasteiger partial charge in [-0.25, -0.2) is 0 Å². The number of nitriles is 1. The number of benzene rings is 1. The van der Waals surface area contributed by atoms with Crippen molar-refractivity contribution in [3.63, 3.8) is 0 Å². The maximum absolute atomic E-state index is 13.7. The van der Waals surface area contributed by atoms with Gasteiger partial charge in [0.25, 0.3) is 11.5 Å². The second kappa shape index (κ2) is 12.1. The van der Waals surface area contributed by atoms with E-state index in [4.69, 9.17) is 12.2 Å². The number of carbonyl (C=O) groups is 1. The zero-order valence-electron chi connectivity index (χ0n) is 21.8. The van der Waals surface area contributed by atoms with E-state index in [9.17, 15) is 14.9 Å². The van der Waals surface area contributed by atoms with Crippen molar-refractivity contribution in [1.29, 1.82) is 5.26 Å². The lowest BCUT2D eigenvalue weighted by Crippen LogP contribution is -2.35. The van der Waals surface area contributed by atoms with Gasteiger partial charge in [0, 0.05) is 25.2 Å². The molecule has 0 bridgehead atoms. The van der Waals surface area contributed by atoms with Crippen LogP contribution in [-0.2, 0) is 11.3 Å². The molecular formula is C29H34N4O2S2. The lowest BCUT2D eigenvalue weighted by molar-refractivity contribution is -0.123. The van der Waals surface area contributed by atoms with Crippen molar-refractivity contribution in [2.45, 2.75) is 71.9 Å². The first-order valence-electron chi connectivity index (χ1n) is 13.1. The van der Waals surface area contributed by atoms with Gasteiger partial charge in [-0.15, -0.1) is 0 Å². The molecule has 2 fully saturated rings. The Balaban J connectivity index is 1.85. The molecule has 1 atom stereocenters. The average molecular weight is 535 g/mol. The number of aromatic nitrogens is 1. The second-order valence-corrected chi connectivity index (χ2v) is 11.4. The molecule has 0 saturated carbocycles. The minimum absolute atomic E-state index is 0.141. The lowest BCUT2D eigenvalue weighted by atomic mass is 10.0. The molecule has 4 rings (SSSR count). The Morgan fingerprint density at radius 1 is 1.14 bits per heavy atom. The van der Waals surface area contributed by atoms with E-state index in [-0.39, 0.29) is 23.1 Å². The van der Waals surface area contributed by atoms with E-state index >= 15 is 0 Å². The van der Waals surface area contributed by atoms with Crippen molar-refractivity contribution < 1.29 is 4.79 Å². The molecule has 1 amide bonds. The van der Waals surface area contributed by atoms with Crippen molar-refractivity contribution in [1.82, 2.24) is 9.47 Å². The van der Waals surface area contributed by atoms with Crippen molar-refractivity contribution in [3.8, 4) is 6.07 Å². The summed E-state index contributed by atoms with van der Waals surface area (Å²) in [4.78, 5) is 31.6. The summed E-state index contributed by atoms with van der Waals surface area (Å²) in [6.45, 7) is 8.15. The van der Waals surface area contributed by atoms with Crippen LogP contribution in [0.15, 0.2) is 40.0 Å². The predicted octanol–water partition coefficient (Wildman–Crippen LogP) is 6.17. The number of anilines is 1. The van der Waals surface area contributed by atoms with Gasteiger partial charge in [-0.2, -0.15) is 5.26 Å². The molecule has 2 aromatic rings. The van der Waals surface area contributed by atoms with Gasteiger partial charge in [-0.05, 0) is 50.3 Å². The van der Waals surface area contributed by atoms with Crippen LogP contribution in [0.2, 0.25) is 0 Å². The van der Waals surface area contributed by atoms with E-state index in [0.29, 0.717) is 21.3 Å². The molecule has 2 aliphatic heterocycles. The van der Waals surface area contributed by atoms with Crippen molar-refractivity contribution in [2.24, 2.45) is 0 Å². The molecule has 3 heterocycles. The van der Waals surface area contributed by atoms with E-state index in [0.717, 1.165) is 68.6 Å². The number of thioether (sulfide) groups is 1. The monoisotopic (exact) mass is 534 g/mol. The Morgan fingerprint density at radius 3 is 2.43 bits per heavy atom. The van der Waals surface area contributed by atoms with Gasteiger partial charge in [-0.1, -0.05) is 80.5 Å². The van der Waals surface area contributed by atoms with Gasteiger partial charge < -0.3 is 4.90 Å². The fourth-order valence-electron chi connectivity index (χ4n) is 5.12. The quantitative estimate of drug-likeness (QED) is 0.313. The topological polar surface area (TPSA) is 69.3 Å². The molecule has 6 nitrogen and oxygen atoms in total. The number of carbonyl (C=O) groups excluding carboxylic acids is 1. The number of hydrogen-bond donors (Lipinski definition) is 0. The highest BCUT2D eigenvalue weighted by Gasteiger charge is 2.36. The SMILES string of the molecule is CCCCn1c(N2CCCCCC2)c(/C=C2/SC(=S)N(C(C)c3ccccc3)C2=O)c(C)c(C#N)c1=O. The van der Waals surface area contributed by atoms with Gasteiger partial charge in [0.1, 0.15) is 21.8 Å². The van der Waals surface area contributed by atoms with Gasteiger partial charge in [-0.3, -0.25) is 19.1 Å². The van der Waals surface area contributed by atoms with Crippen LogP contribution < -0.4 is 10.5 Å². The van der Waals surface area contributed by atoms with Crippen LogP contribution in [0, 0.1) is 18.3 Å². The van der Waals surface area contributed by atoms with Gasteiger partial charge >= 0.3 is 0 Å². The Labute approximate surface area is 229 Å². The van der Waals surface area contributed by atoms with Crippen LogP contribution in [0.5, 0.6) is 0 Å². The van der Waals surface area contributed by atoms with Gasteiger partial charge in [0.05, 0.1) is 10.9 Å². The Morgan fingerprint density at radius 2 is 1.81 bits per heavy atom. The summed E-state index contributed by atoms with van der Waals surface area (Å²) in [6.07, 6.45) is 8.08. The molecule has 2 saturated heterocycles. The fraction of sp³-hybridized carbons (Fsp3) is 0.448. The molecule has 0 aliphatic carbocycles. The zero-order chi connectivity index (χ0) is 26.5. The van der Waals surface area contributed by atoms with E-state index < -0.39 is 0 Å². The molecule has 1 aromatic heterocycles. The second-order valence-electron chi connectivity index (χ2n) is 9.70. The summed E-state index contributed by atoms with van der Waals surface area (Å²) in [5.41, 5.74) is 2.33. The van der Waals surface area contributed by atoms with Crippen LogP contribution in [0.1, 0.15) is 80.7 Å². The predicted molar refractivity (Wildman–Crippen MR) is 156 cm³/mol. The van der Waals surface area contributed by atoms with Crippen LogP contribution in [0.4, 0.5) is 5.82 Å². The molecule has 194 valence electrons. The highest BCUT2D eigenvalue weighted by atomic mass is 32.2. The molecule has 1 unspecified atom stereocenters. The highest BCUT2D eigenvalue weighted by molar-refractivity contribution is 8.26. The van der Waals surface area contributed by atoms with Crippen molar-refractivity contribution in [3.05, 3.63) is 67.8 Å². The number of nitrogens with zero attached hydrogens (tertiary/aromatic N) is 4. The van der Waals surface area contributed by atoms with Crippen LogP contribution in [0.3, 0.4) is 0 Å². The Kier molecular flexibility index (Phi) is 8.88. The van der Waals surface area contributed by atoms with E-state index in [1.807, 2.05) is 50.3 Å². The maximum atomic E-state index is 13.7. The molecule has 37 heavy (non-hydrogen) atoms. The summed E-state index contributed by atoms with van der Waals surface area (Å²) in [7, 11) is 0. The van der Waals surface area contributed by atoms with Gasteiger partial charge in [0.15, 0.2) is 0 Å². The summed E-state index contributed by atoms with van der Waals surface area (Å²) in [5.74, 6) is 0.690. The largest absolute Gasteiger partial charge is 0.357 e. The zero-order valence-corrected chi connectivity index (χ0v) is 23.5. The Hall–Kier alpha value is -2.89. The smallest absolute Gasteiger partial charge is 0.270 e. The van der Waals surface area contributed by atoms with E-state index in [2.05, 4.69) is 17.9 Å². The molecular weight excluding hydrogens is 500 g/mol. The number of hydrogen-bond acceptors (Lipinski definition) is 6. The first-order valence-corrected chi connectivity index (χ1v) is 14.4. The first-order chi connectivity index (χ1) is 17.9. The third-order valence-corrected chi connectivity index (χ3v) is 8.59. The number of amides is 1. The van der Waals surface area contributed by atoms with E-state index in [1.54, 1.807) is 9.47 Å². The minimum atomic E-state index is -0.241. The van der Waals surface area contributed by atoms with Gasteiger partial charge in [0.2, 0.25) is 0 Å². The van der Waals surface area contributed by atoms with Crippen molar-refractivity contribution >= 4 is 46.1 Å². The summed E-state index contributed by atoms with van der Waals surface area (Å²) < 4.78 is 2.29. The first kappa shape index (κ1) is 27.2. The number of pyridine rings is 1. The maximum Gasteiger partial charge on any atom is 0.270 e.